The number of nitrogens with zero attached hydrogens (tertiary/aromatic N) is 4. The molecule has 1 saturated heterocycles. The maximum absolute atomic E-state index is 14.0. The zero-order valence-electron chi connectivity index (χ0n) is 25.6. The summed E-state index contributed by atoms with van der Waals surface area (Å²) in [4.78, 5) is 38.4. The number of fused-ring (bicyclic) bond motifs is 2. The van der Waals surface area contributed by atoms with Gasteiger partial charge in [-0.3, -0.25) is 14.7 Å². The van der Waals surface area contributed by atoms with Crippen LogP contribution in [0.3, 0.4) is 0 Å². The van der Waals surface area contributed by atoms with Gasteiger partial charge in [-0.05, 0) is 56.5 Å². The largest absolute Gasteiger partial charge is 0.494 e. The van der Waals surface area contributed by atoms with Crippen LogP contribution in [0.25, 0.3) is 21.8 Å². The zero-order valence-corrected chi connectivity index (χ0v) is 25.6. The van der Waals surface area contributed by atoms with Gasteiger partial charge in [-0.1, -0.05) is 20.8 Å². The fourth-order valence-electron chi connectivity index (χ4n) is 5.90. The number of amides is 2. The highest BCUT2D eigenvalue weighted by atomic mass is 16.5. The van der Waals surface area contributed by atoms with E-state index in [4.69, 9.17) is 10.5 Å². The molecule has 0 spiro atoms. The summed E-state index contributed by atoms with van der Waals surface area (Å²) in [5, 5.41) is 18.3. The topological polar surface area (TPSA) is 163 Å². The Morgan fingerprint density at radius 2 is 1.98 bits per heavy atom. The third kappa shape index (κ3) is 6.11. The molecule has 0 bridgehead atoms. The lowest BCUT2D eigenvalue weighted by Gasteiger charge is -2.40. The molecule has 4 aromatic rings. The van der Waals surface area contributed by atoms with Crippen LogP contribution < -0.4 is 26.4 Å². The Balaban J connectivity index is 1.42. The number of aromatic amines is 1. The van der Waals surface area contributed by atoms with Gasteiger partial charge < -0.3 is 31.3 Å². The maximum atomic E-state index is 14.0. The number of nitrogens with one attached hydrogen (secondary N) is 4. The zero-order chi connectivity index (χ0) is 30.9. The maximum Gasteiger partial charge on any atom is 0.247 e. The van der Waals surface area contributed by atoms with Crippen LogP contribution in [-0.2, 0) is 9.59 Å². The van der Waals surface area contributed by atoms with E-state index in [1.807, 2.05) is 52.9 Å². The van der Waals surface area contributed by atoms with Gasteiger partial charge in [0, 0.05) is 41.2 Å². The quantitative estimate of drug-likeness (QED) is 0.196. The van der Waals surface area contributed by atoms with E-state index in [9.17, 15) is 9.59 Å². The van der Waals surface area contributed by atoms with Crippen molar-refractivity contribution in [1.29, 1.82) is 0 Å². The van der Waals surface area contributed by atoms with Crippen molar-refractivity contribution in [3.8, 4) is 5.75 Å². The van der Waals surface area contributed by atoms with Crippen LogP contribution in [0.15, 0.2) is 42.9 Å². The second-order valence-corrected chi connectivity index (χ2v) is 12.3. The summed E-state index contributed by atoms with van der Waals surface area (Å²) in [5.41, 5.74) is 9.09. The average molecular weight is 588 g/mol. The number of aromatic nitrogens is 4. The molecule has 43 heavy (non-hydrogen) atoms. The van der Waals surface area contributed by atoms with E-state index in [-0.39, 0.29) is 17.9 Å². The van der Waals surface area contributed by atoms with Gasteiger partial charge >= 0.3 is 0 Å². The molecule has 1 aliphatic rings. The van der Waals surface area contributed by atoms with Crippen LogP contribution in [0.4, 0.5) is 17.2 Å². The van der Waals surface area contributed by atoms with E-state index in [0.29, 0.717) is 41.1 Å². The lowest BCUT2D eigenvalue weighted by molar-refractivity contribution is -0.144. The van der Waals surface area contributed by atoms with Crippen LogP contribution >= 0.6 is 0 Å². The second-order valence-electron chi connectivity index (χ2n) is 12.3. The number of likely N-dealkylation sites (tertiary alicyclic amines) is 1. The molecule has 0 aliphatic carbocycles. The fraction of sp³-hybridized carbons (Fsp3) is 0.452. The molecule has 12 heteroatoms. The predicted octanol–water partition coefficient (Wildman–Crippen LogP) is 3.79. The van der Waals surface area contributed by atoms with Crippen LogP contribution in [0.2, 0.25) is 0 Å². The first-order valence-corrected chi connectivity index (χ1v) is 14.6. The number of ether oxygens (including phenoxy) is 1. The highest BCUT2D eigenvalue weighted by Gasteiger charge is 2.44. The van der Waals surface area contributed by atoms with Crippen molar-refractivity contribution >= 4 is 50.8 Å². The van der Waals surface area contributed by atoms with Crippen molar-refractivity contribution in [1.82, 2.24) is 30.4 Å². The molecular weight excluding hydrogens is 546 g/mol. The Morgan fingerprint density at radius 3 is 2.70 bits per heavy atom. The third-order valence-electron chi connectivity index (χ3n) is 8.37. The van der Waals surface area contributed by atoms with Crippen molar-refractivity contribution in [3.63, 3.8) is 0 Å². The van der Waals surface area contributed by atoms with Gasteiger partial charge in [0.2, 0.25) is 11.8 Å². The minimum Gasteiger partial charge on any atom is -0.494 e. The molecule has 0 saturated carbocycles. The van der Waals surface area contributed by atoms with E-state index in [1.165, 1.54) is 6.33 Å². The Morgan fingerprint density at radius 1 is 1.19 bits per heavy atom. The Bertz CT molecular complexity index is 1630. The van der Waals surface area contributed by atoms with E-state index in [0.717, 1.165) is 23.0 Å². The lowest BCUT2D eigenvalue weighted by Crippen LogP contribution is -2.57. The smallest absolute Gasteiger partial charge is 0.247 e. The molecule has 5 rings (SSSR count). The molecule has 3 heterocycles. The molecule has 2 aromatic carbocycles. The Kier molecular flexibility index (Phi) is 8.52. The number of carbonyl (C=O) groups is 2. The molecule has 1 unspecified atom stereocenters. The monoisotopic (exact) mass is 587 g/mol. The van der Waals surface area contributed by atoms with E-state index < -0.39 is 23.4 Å². The number of likely N-dealkylation sites (N-methyl/N-ethyl adjacent to an activating group) is 1. The van der Waals surface area contributed by atoms with Crippen LogP contribution in [-0.4, -0.2) is 75.7 Å². The van der Waals surface area contributed by atoms with Gasteiger partial charge in [0.1, 0.15) is 23.9 Å². The summed E-state index contributed by atoms with van der Waals surface area (Å²) < 4.78 is 5.63. The summed E-state index contributed by atoms with van der Waals surface area (Å²) in [5.74, 6) is 0.191. The molecule has 1 aliphatic heterocycles. The average Bonchev–Trinajstić information content (AvgIpc) is 3.66. The van der Waals surface area contributed by atoms with E-state index >= 15 is 0 Å². The number of anilines is 3. The SMILES string of the molecule is CN[C@@H](C)C(N)[C@@H](C(=O)N1CCC[C@H]1C(=O)Nc1cc2c(Nc3ccc4[nH]ncc4c3)ncnc2cc1OC)C(C)(C)C. The number of carbonyl (C=O) groups excluding carboxylic acids is 2. The van der Waals surface area contributed by atoms with Crippen LogP contribution in [0, 0.1) is 11.3 Å². The summed E-state index contributed by atoms with van der Waals surface area (Å²) >= 11 is 0. The van der Waals surface area contributed by atoms with Gasteiger partial charge in [-0.2, -0.15) is 5.10 Å². The van der Waals surface area contributed by atoms with E-state index in [2.05, 4.69) is 36.1 Å². The van der Waals surface area contributed by atoms with Crippen molar-refractivity contribution in [2.75, 3.05) is 31.3 Å². The molecule has 2 aromatic heterocycles. The first kappa shape index (κ1) is 30.2. The molecule has 2 amide bonds. The van der Waals surface area contributed by atoms with Crippen molar-refractivity contribution in [3.05, 3.63) is 42.9 Å². The lowest BCUT2D eigenvalue weighted by atomic mass is 9.73. The highest BCUT2D eigenvalue weighted by Crippen LogP contribution is 2.36. The molecule has 6 N–H and O–H groups in total. The first-order valence-electron chi connectivity index (χ1n) is 14.6. The summed E-state index contributed by atoms with van der Waals surface area (Å²) in [7, 11) is 3.38. The van der Waals surface area contributed by atoms with Gasteiger partial charge in [-0.15, -0.1) is 0 Å². The molecule has 1 fully saturated rings. The van der Waals surface area contributed by atoms with Gasteiger partial charge in [-0.25, -0.2) is 9.97 Å². The number of nitrogens with two attached hydrogens (primary N) is 1. The molecule has 228 valence electrons. The standard InChI is InChI=1S/C31H41N9O3/c1-17(33-5)27(32)26(31(2,3)4)30(42)40-11-7-8-24(40)29(41)38-23-13-20-22(14-25(23)43-6)34-16-35-28(20)37-19-9-10-21-18(12-19)15-36-39-21/h9-10,12-17,24,26-27,33H,7-8,11,32H2,1-6H3,(H,36,39)(H,38,41)(H,34,35,37)/t17-,24-,26-,27?/m0/s1. The van der Waals surface area contributed by atoms with Gasteiger partial charge in [0.25, 0.3) is 0 Å². The number of hydrogen-bond donors (Lipinski definition) is 5. The highest BCUT2D eigenvalue weighted by molar-refractivity contribution is 6.02. The van der Waals surface area contributed by atoms with Crippen LogP contribution in [0.1, 0.15) is 40.5 Å². The Hall–Kier alpha value is -4.29. The predicted molar refractivity (Wildman–Crippen MR) is 168 cm³/mol. The number of methoxy groups -OCH3 is 1. The minimum absolute atomic E-state index is 0.0726. The van der Waals surface area contributed by atoms with Crippen LogP contribution in [0.5, 0.6) is 5.75 Å². The van der Waals surface area contributed by atoms with Gasteiger partial charge in [0.05, 0.1) is 35.9 Å². The molecule has 12 nitrogen and oxygen atoms in total. The normalized spacial score (nSPS) is 17.6. The van der Waals surface area contributed by atoms with Crippen molar-refractivity contribution in [2.24, 2.45) is 17.1 Å². The number of hydrogen-bond acceptors (Lipinski definition) is 9. The molecule has 0 radical (unpaired) electrons. The Labute approximate surface area is 251 Å². The second kappa shape index (κ2) is 12.1. The summed E-state index contributed by atoms with van der Waals surface area (Å²) in [6.45, 7) is 8.53. The third-order valence-corrected chi connectivity index (χ3v) is 8.37. The number of rotatable bonds is 9. The van der Waals surface area contributed by atoms with Gasteiger partial charge in [0.15, 0.2) is 0 Å². The fourth-order valence-corrected chi connectivity index (χ4v) is 5.90. The minimum atomic E-state index is -0.624. The molecule has 4 atom stereocenters. The summed E-state index contributed by atoms with van der Waals surface area (Å²) in [6, 6.07) is 8.30. The first-order chi connectivity index (χ1) is 20.5. The summed E-state index contributed by atoms with van der Waals surface area (Å²) in [6.07, 6.45) is 4.53. The molecular formula is C31H41N9O3. The number of H-pyrrole nitrogens is 1. The van der Waals surface area contributed by atoms with Crippen molar-refractivity contribution < 1.29 is 14.3 Å². The van der Waals surface area contributed by atoms with E-state index in [1.54, 1.807) is 30.3 Å². The van der Waals surface area contributed by atoms with Crippen molar-refractivity contribution in [2.45, 2.75) is 58.7 Å². The number of benzene rings is 2.